The summed E-state index contributed by atoms with van der Waals surface area (Å²) >= 11 is 0. The number of anilines is 1. The molecule has 4 rings (SSSR count). The number of hydrogen-bond acceptors (Lipinski definition) is 5. The highest BCUT2D eigenvalue weighted by Gasteiger charge is 2.37. The fourth-order valence-corrected chi connectivity index (χ4v) is 3.57. The van der Waals surface area contributed by atoms with E-state index in [9.17, 15) is 18.0 Å². The molecule has 4 heterocycles. The summed E-state index contributed by atoms with van der Waals surface area (Å²) in [6.45, 7) is 2.08. The van der Waals surface area contributed by atoms with Crippen molar-refractivity contribution in [1.29, 1.82) is 0 Å². The van der Waals surface area contributed by atoms with Gasteiger partial charge in [0, 0.05) is 42.7 Å². The molecule has 154 valence electrons. The van der Waals surface area contributed by atoms with Crippen LogP contribution in [0.3, 0.4) is 0 Å². The summed E-state index contributed by atoms with van der Waals surface area (Å²) in [5.74, 6) is -0.222. The fourth-order valence-electron chi connectivity index (χ4n) is 3.57. The summed E-state index contributed by atoms with van der Waals surface area (Å²) in [7, 11) is 0. The van der Waals surface area contributed by atoms with E-state index in [1.54, 1.807) is 6.08 Å². The van der Waals surface area contributed by atoms with Gasteiger partial charge < -0.3 is 20.9 Å². The van der Waals surface area contributed by atoms with E-state index in [1.165, 1.54) is 6.20 Å². The van der Waals surface area contributed by atoms with Crippen LogP contribution in [0.1, 0.15) is 40.9 Å². The molecule has 7 nitrogen and oxygen atoms in total. The first-order valence-electron chi connectivity index (χ1n) is 9.51. The molecule has 0 spiro atoms. The molecule has 2 aromatic rings. The first kappa shape index (κ1) is 19.4. The second-order valence-electron chi connectivity index (χ2n) is 7.08. The van der Waals surface area contributed by atoms with Gasteiger partial charge in [0.05, 0.1) is 5.69 Å². The average molecular weight is 406 g/mol. The lowest BCUT2D eigenvalue weighted by Gasteiger charge is -2.24. The molecule has 1 fully saturated rings. The standard InChI is InChI=1S/C19H21F3N6O/c20-19(21,22)14-10-26-18(27-11-4-3-6-23-8-11)28-15(14)13-9-25-16-12(13)5-1-2-7-24-17(16)29/h1,5,9-11,23,25H,2-4,6-8H2,(H,24,29)(H,26,27,28)/b5-1-. The lowest BCUT2D eigenvalue weighted by Crippen LogP contribution is -2.38. The third kappa shape index (κ3) is 4.12. The van der Waals surface area contributed by atoms with E-state index in [4.69, 9.17) is 0 Å². The molecule has 2 aromatic heterocycles. The van der Waals surface area contributed by atoms with Gasteiger partial charge >= 0.3 is 6.18 Å². The van der Waals surface area contributed by atoms with Crippen molar-refractivity contribution in [2.45, 2.75) is 31.5 Å². The van der Waals surface area contributed by atoms with Crippen LogP contribution >= 0.6 is 0 Å². The highest BCUT2D eigenvalue weighted by atomic mass is 19.4. The average Bonchev–Trinajstić information content (AvgIpc) is 3.09. The molecule has 0 radical (unpaired) electrons. The third-order valence-corrected chi connectivity index (χ3v) is 5.01. The van der Waals surface area contributed by atoms with Gasteiger partial charge in [0.2, 0.25) is 5.95 Å². The molecule has 10 heteroatoms. The van der Waals surface area contributed by atoms with Crippen LogP contribution in [0.4, 0.5) is 19.1 Å². The Bertz CT molecular complexity index is 931. The number of rotatable bonds is 3. The maximum absolute atomic E-state index is 13.7. The smallest absolute Gasteiger partial charge is 0.356 e. The van der Waals surface area contributed by atoms with Crippen LogP contribution in [0, 0.1) is 0 Å². The minimum Gasteiger partial charge on any atom is -0.356 e. The highest BCUT2D eigenvalue weighted by Crippen LogP contribution is 2.38. The summed E-state index contributed by atoms with van der Waals surface area (Å²) in [5, 5.41) is 9.07. The van der Waals surface area contributed by atoms with E-state index in [1.807, 2.05) is 6.08 Å². The SMILES string of the molecule is O=C1NCC/C=C\c2c(-c3nc(NC4CCCNC4)ncc3C(F)(F)F)c[nH]c21. The summed E-state index contributed by atoms with van der Waals surface area (Å²) in [5.41, 5.74) is -0.380. The van der Waals surface area contributed by atoms with Gasteiger partial charge in [-0.05, 0) is 25.8 Å². The molecule has 29 heavy (non-hydrogen) atoms. The minimum absolute atomic E-state index is 0.0471. The Balaban J connectivity index is 1.78. The summed E-state index contributed by atoms with van der Waals surface area (Å²) in [4.78, 5) is 23.2. The lowest BCUT2D eigenvalue weighted by atomic mass is 10.0. The normalized spacial score (nSPS) is 20.9. The van der Waals surface area contributed by atoms with Gasteiger partial charge in [0.1, 0.15) is 11.3 Å². The van der Waals surface area contributed by atoms with Gasteiger partial charge in [-0.25, -0.2) is 9.97 Å². The first-order chi connectivity index (χ1) is 13.9. The van der Waals surface area contributed by atoms with E-state index >= 15 is 0 Å². The Kier molecular flexibility index (Phi) is 5.27. The van der Waals surface area contributed by atoms with E-state index in [0.717, 1.165) is 25.6 Å². The van der Waals surface area contributed by atoms with Gasteiger partial charge in [-0.3, -0.25) is 4.79 Å². The van der Waals surface area contributed by atoms with Crippen LogP contribution < -0.4 is 16.0 Å². The summed E-state index contributed by atoms with van der Waals surface area (Å²) < 4.78 is 41.0. The van der Waals surface area contributed by atoms with Crippen molar-refractivity contribution in [2.75, 3.05) is 25.0 Å². The molecule has 1 unspecified atom stereocenters. The molecule has 1 amide bonds. The lowest BCUT2D eigenvalue weighted by molar-refractivity contribution is -0.137. The quantitative estimate of drug-likeness (QED) is 0.629. The molecular weight excluding hydrogens is 385 g/mol. The number of nitrogens with zero attached hydrogens (tertiary/aromatic N) is 2. The molecular formula is C19H21F3N6O. The molecule has 1 saturated heterocycles. The van der Waals surface area contributed by atoms with E-state index in [0.29, 0.717) is 25.1 Å². The maximum Gasteiger partial charge on any atom is 0.419 e. The highest BCUT2D eigenvalue weighted by molar-refractivity contribution is 5.99. The monoisotopic (exact) mass is 406 g/mol. The zero-order valence-electron chi connectivity index (χ0n) is 15.6. The zero-order chi connectivity index (χ0) is 20.4. The van der Waals surface area contributed by atoms with Crippen LogP contribution in [-0.2, 0) is 6.18 Å². The second kappa shape index (κ2) is 7.86. The fraction of sp³-hybridized carbons (Fsp3) is 0.421. The summed E-state index contributed by atoms with van der Waals surface area (Å²) in [6, 6.07) is 0.0471. The van der Waals surface area contributed by atoms with E-state index < -0.39 is 11.7 Å². The van der Waals surface area contributed by atoms with Crippen LogP contribution in [-0.4, -0.2) is 46.5 Å². The van der Waals surface area contributed by atoms with Gasteiger partial charge in [0.25, 0.3) is 5.91 Å². The number of aromatic amines is 1. The molecule has 0 aliphatic carbocycles. The number of nitrogens with one attached hydrogen (secondary N) is 4. The number of piperidine rings is 1. The third-order valence-electron chi connectivity index (χ3n) is 5.01. The predicted molar refractivity (Wildman–Crippen MR) is 102 cm³/mol. The van der Waals surface area contributed by atoms with E-state index in [2.05, 4.69) is 30.9 Å². The van der Waals surface area contributed by atoms with Crippen molar-refractivity contribution in [1.82, 2.24) is 25.6 Å². The molecule has 0 saturated carbocycles. The topological polar surface area (TPSA) is 94.7 Å². The number of carbonyl (C=O) groups is 1. The number of H-pyrrole nitrogens is 1. The van der Waals surface area contributed by atoms with Crippen LogP contribution in [0.15, 0.2) is 18.5 Å². The summed E-state index contributed by atoms with van der Waals surface area (Å²) in [6.07, 6.45) is 3.49. The Hall–Kier alpha value is -2.88. The molecule has 0 bridgehead atoms. The Morgan fingerprint density at radius 3 is 2.86 bits per heavy atom. The largest absolute Gasteiger partial charge is 0.419 e. The number of amides is 1. The number of carbonyl (C=O) groups excluding carboxylic acids is 1. The molecule has 4 N–H and O–H groups in total. The maximum atomic E-state index is 13.7. The van der Waals surface area contributed by atoms with Crippen molar-refractivity contribution >= 4 is 17.9 Å². The van der Waals surface area contributed by atoms with Crippen molar-refractivity contribution in [2.24, 2.45) is 0 Å². The Morgan fingerprint density at radius 1 is 1.24 bits per heavy atom. The molecule has 2 aliphatic rings. The van der Waals surface area contributed by atoms with Crippen LogP contribution in [0.2, 0.25) is 0 Å². The Labute approximate surface area is 165 Å². The number of aromatic nitrogens is 3. The molecule has 0 aromatic carbocycles. The van der Waals surface area contributed by atoms with Gasteiger partial charge in [-0.1, -0.05) is 12.2 Å². The molecule has 2 aliphatic heterocycles. The van der Waals surface area contributed by atoms with Gasteiger partial charge in [-0.2, -0.15) is 13.2 Å². The van der Waals surface area contributed by atoms with Gasteiger partial charge in [-0.15, -0.1) is 0 Å². The number of hydrogen-bond donors (Lipinski definition) is 4. The zero-order valence-corrected chi connectivity index (χ0v) is 15.6. The van der Waals surface area contributed by atoms with Crippen molar-refractivity contribution < 1.29 is 18.0 Å². The predicted octanol–water partition coefficient (Wildman–Crippen LogP) is 2.80. The van der Waals surface area contributed by atoms with E-state index in [-0.39, 0.29) is 34.8 Å². The van der Waals surface area contributed by atoms with Gasteiger partial charge in [0.15, 0.2) is 0 Å². The molecule has 1 atom stereocenters. The minimum atomic E-state index is -4.63. The first-order valence-corrected chi connectivity index (χ1v) is 9.51. The van der Waals surface area contributed by atoms with Crippen LogP contribution in [0.25, 0.3) is 17.3 Å². The van der Waals surface area contributed by atoms with Crippen molar-refractivity contribution in [3.8, 4) is 11.3 Å². The van der Waals surface area contributed by atoms with Crippen LogP contribution in [0.5, 0.6) is 0 Å². The number of alkyl halides is 3. The van der Waals surface area contributed by atoms with Crippen molar-refractivity contribution in [3.05, 3.63) is 35.3 Å². The number of fused-ring (bicyclic) bond motifs is 1. The second-order valence-corrected chi connectivity index (χ2v) is 7.08. The van der Waals surface area contributed by atoms with Crippen molar-refractivity contribution in [3.63, 3.8) is 0 Å². The Morgan fingerprint density at radius 2 is 2.10 bits per heavy atom. The number of halogens is 3.